The van der Waals surface area contributed by atoms with Gasteiger partial charge in [-0.2, -0.15) is 5.10 Å². The Morgan fingerprint density at radius 2 is 2.27 bits per heavy atom. The number of amides is 1. The summed E-state index contributed by atoms with van der Waals surface area (Å²) in [5, 5.41) is 8.33. The lowest BCUT2D eigenvalue weighted by Gasteiger charge is -2.35. The van der Waals surface area contributed by atoms with E-state index in [4.69, 9.17) is 0 Å². The number of benzene rings is 1. The van der Waals surface area contributed by atoms with Crippen LogP contribution in [-0.4, -0.2) is 57.6 Å². The number of carbonyl (C=O) groups excluding carboxylic acids is 1. The van der Waals surface area contributed by atoms with Crippen LogP contribution in [0.15, 0.2) is 18.2 Å². The Hall–Kier alpha value is -1.88. The molecule has 1 aromatic heterocycles. The summed E-state index contributed by atoms with van der Waals surface area (Å²) < 4.78 is 0. The molecule has 3 aliphatic rings. The van der Waals surface area contributed by atoms with Crippen molar-refractivity contribution < 1.29 is 4.79 Å². The van der Waals surface area contributed by atoms with Gasteiger partial charge in [0.15, 0.2) is 5.69 Å². The zero-order chi connectivity index (χ0) is 14.8. The Bertz CT molecular complexity index is 767. The van der Waals surface area contributed by atoms with Gasteiger partial charge in [-0.05, 0) is 37.3 Å². The van der Waals surface area contributed by atoms with Gasteiger partial charge in [0.25, 0.3) is 5.91 Å². The Morgan fingerprint density at radius 1 is 1.36 bits per heavy atom. The second-order valence-corrected chi connectivity index (χ2v) is 7.10. The number of aromatic nitrogens is 2. The van der Waals surface area contributed by atoms with E-state index in [2.05, 4.69) is 33.0 Å². The van der Waals surface area contributed by atoms with Gasteiger partial charge in [-0.15, -0.1) is 0 Å². The van der Waals surface area contributed by atoms with E-state index in [-0.39, 0.29) is 5.91 Å². The quantitative estimate of drug-likeness (QED) is 0.873. The summed E-state index contributed by atoms with van der Waals surface area (Å²) in [6, 6.07) is 6.93. The van der Waals surface area contributed by atoms with E-state index < -0.39 is 0 Å². The summed E-state index contributed by atoms with van der Waals surface area (Å²) in [5.41, 5.74) is 2.73. The van der Waals surface area contributed by atoms with Gasteiger partial charge in [0, 0.05) is 37.1 Å². The van der Waals surface area contributed by atoms with Gasteiger partial charge >= 0.3 is 0 Å². The van der Waals surface area contributed by atoms with E-state index >= 15 is 0 Å². The Kier molecular flexibility index (Phi) is 2.48. The zero-order valence-corrected chi connectivity index (χ0v) is 12.7. The highest BCUT2D eigenvalue weighted by Gasteiger charge is 2.50. The lowest BCUT2D eigenvalue weighted by molar-refractivity contribution is 0.0668. The number of H-pyrrole nitrogens is 1. The first kappa shape index (κ1) is 12.6. The van der Waals surface area contributed by atoms with Crippen molar-refractivity contribution in [1.82, 2.24) is 20.0 Å². The highest BCUT2D eigenvalue weighted by atomic mass is 16.2. The van der Waals surface area contributed by atoms with Crippen molar-refractivity contribution in [1.29, 1.82) is 0 Å². The van der Waals surface area contributed by atoms with Crippen molar-refractivity contribution in [2.75, 3.05) is 19.6 Å². The number of hydrogen-bond acceptors (Lipinski definition) is 3. The van der Waals surface area contributed by atoms with Crippen LogP contribution in [0.3, 0.4) is 0 Å². The summed E-state index contributed by atoms with van der Waals surface area (Å²) in [5.74, 6) is 0.792. The molecule has 5 heteroatoms. The fourth-order valence-corrected chi connectivity index (χ4v) is 4.79. The topological polar surface area (TPSA) is 52.2 Å². The number of aryl methyl sites for hydroxylation is 1. The van der Waals surface area contributed by atoms with Crippen molar-refractivity contribution in [3.8, 4) is 0 Å². The number of likely N-dealkylation sites (tertiary alicyclic amines) is 1. The Labute approximate surface area is 129 Å². The molecule has 3 unspecified atom stereocenters. The third kappa shape index (κ3) is 1.63. The molecule has 3 bridgehead atoms. The molecule has 22 heavy (non-hydrogen) atoms. The summed E-state index contributed by atoms with van der Waals surface area (Å²) in [6.07, 6.45) is 2.29. The molecule has 2 aromatic rings. The Morgan fingerprint density at radius 3 is 3.18 bits per heavy atom. The second kappa shape index (κ2) is 4.32. The van der Waals surface area contributed by atoms with Crippen LogP contribution in [0.25, 0.3) is 10.9 Å². The van der Waals surface area contributed by atoms with Gasteiger partial charge in [-0.1, -0.05) is 12.1 Å². The number of fused-ring (bicyclic) bond motifs is 3. The fraction of sp³-hybridized carbons (Fsp3) is 0.529. The van der Waals surface area contributed by atoms with Gasteiger partial charge in [-0.3, -0.25) is 9.89 Å². The lowest BCUT2D eigenvalue weighted by atomic mass is 9.89. The van der Waals surface area contributed by atoms with Crippen LogP contribution in [-0.2, 0) is 0 Å². The van der Waals surface area contributed by atoms with Crippen LogP contribution in [0.2, 0.25) is 0 Å². The van der Waals surface area contributed by atoms with Gasteiger partial charge < -0.3 is 9.80 Å². The largest absolute Gasteiger partial charge is 0.330 e. The van der Waals surface area contributed by atoms with E-state index in [9.17, 15) is 4.79 Å². The van der Waals surface area contributed by atoms with E-state index in [1.807, 2.05) is 12.1 Å². The molecule has 3 saturated heterocycles. The molecule has 5 nitrogen and oxygen atoms in total. The molecule has 0 radical (unpaired) electrons. The maximum absolute atomic E-state index is 13.2. The summed E-state index contributed by atoms with van der Waals surface area (Å²) >= 11 is 0. The monoisotopic (exact) mass is 296 g/mol. The Balaban J connectivity index is 1.56. The molecular weight excluding hydrogens is 276 g/mol. The number of piperidine rings is 2. The molecular formula is C17H20N4O. The van der Waals surface area contributed by atoms with Crippen molar-refractivity contribution in [2.24, 2.45) is 5.92 Å². The van der Waals surface area contributed by atoms with Crippen LogP contribution in [0, 0.1) is 12.8 Å². The molecule has 1 N–H and O–H groups in total. The van der Waals surface area contributed by atoms with E-state index in [0.717, 1.165) is 30.4 Å². The molecule has 3 aliphatic heterocycles. The molecule has 1 amide bonds. The van der Waals surface area contributed by atoms with Crippen molar-refractivity contribution in [2.45, 2.75) is 31.8 Å². The summed E-state index contributed by atoms with van der Waals surface area (Å²) in [7, 11) is 0. The molecule has 1 aromatic carbocycles. The standard InChI is InChI=1S/C17H20N4O/c1-10-2-3-13-14(6-10)18-19-16(13)17(22)21-12-7-11-8-20(9-12)5-4-15(11)21/h2-3,6,11-12,15H,4-5,7-9H2,1H3,(H,18,19)/t11?,12-,15?/m1/s1. The van der Waals surface area contributed by atoms with E-state index in [1.165, 1.54) is 18.5 Å². The minimum atomic E-state index is 0.122. The third-order valence-electron chi connectivity index (χ3n) is 5.73. The van der Waals surface area contributed by atoms with E-state index in [1.54, 1.807) is 0 Å². The first-order chi connectivity index (χ1) is 10.7. The SMILES string of the molecule is Cc1ccc2c(C(=O)N3C4CCN5CC4C[C@@H]3C5)n[nH]c2c1. The average molecular weight is 296 g/mol. The number of nitrogens with zero attached hydrogens (tertiary/aromatic N) is 3. The molecule has 5 rings (SSSR count). The predicted octanol–water partition coefficient (Wildman–Crippen LogP) is 1.79. The zero-order valence-electron chi connectivity index (χ0n) is 12.7. The van der Waals surface area contributed by atoms with Crippen molar-refractivity contribution in [3.05, 3.63) is 29.5 Å². The van der Waals surface area contributed by atoms with Crippen LogP contribution >= 0.6 is 0 Å². The minimum absolute atomic E-state index is 0.122. The first-order valence-corrected chi connectivity index (χ1v) is 8.20. The maximum Gasteiger partial charge on any atom is 0.275 e. The minimum Gasteiger partial charge on any atom is -0.330 e. The number of aromatic amines is 1. The van der Waals surface area contributed by atoms with Crippen molar-refractivity contribution in [3.63, 3.8) is 0 Å². The molecule has 0 saturated carbocycles. The maximum atomic E-state index is 13.2. The van der Waals surface area contributed by atoms with E-state index in [0.29, 0.717) is 23.7 Å². The van der Waals surface area contributed by atoms with Gasteiger partial charge in [0.05, 0.1) is 5.52 Å². The molecule has 4 atom stereocenters. The van der Waals surface area contributed by atoms with Crippen LogP contribution in [0.1, 0.15) is 28.9 Å². The molecule has 114 valence electrons. The van der Waals surface area contributed by atoms with Gasteiger partial charge in [0.1, 0.15) is 0 Å². The molecule has 0 aliphatic carbocycles. The van der Waals surface area contributed by atoms with Crippen LogP contribution < -0.4 is 0 Å². The number of carbonyl (C=O) groups is 1. The number of nitrogens with one attached hydrogen (secondary N) is 1. The second-order valence-electron chi connectivity index (χ2n) is 7.10. The predicted molar refractivity (Wildman–Crippen MR) is 83.7 cm³/mol. The molecule has 3 fully saturated rings. The fourth-order valence-electron chi connectivity index (χ4n) is 4.79. The number of rotatable bonds is 1. The summed E-state index contributed by atoms with van der Waals surface area (Å²) in [4.78, 5) is 17.8. The molecule has 0 spiro atoms. The normalized spacial score (nSPS) is 32.9. The van der Waals surface area contributed by atoms with Crippen molar-refractivity contribution >= 4 is 16.8 Å². The van der Waals surface area contributed by atoms with Crippen LogP contribution in [0.5, 0.6) is 0 Å². The van der Waals surface area contributed by atoms with Gasteiger partial charge in [0.2, 0.25) is 0 Å². The first-order valence-electron chi connectivity index (χ1n) is 8.20. The lowest BCUT2D eigenvalue weighted by Crippen LogP contribution is -2.44. The van der Waals surface area contributed by atoms with Gasteiger partial charge in [-0.25, -0.2) is 0 Å². The third-order valence-corrected chi connectivity index (χ3v) is 5.73. The smallest absolute Gasteiger partial charge is 0.275 e. The highest BCUT2D eigenvalue weighted by molar-refractivity contribution is 6.05. The average Bonchev–Trinajstić information content (AvgIpc) is 2.98. The molecule has 4 heterocycles. The van der Waals surface area contributed by atoms with Crippen LogP contribution in [0.4, 0.5) is 0 Å². The summed E-state index contributed by atoms with van der Waals surface area (Å²) in [6.45, 7) is 5.41. The highest BCUT2D eigenvalue weighted by Crippen LogP contribution is 2.41. The number of hydrogen-bond donors (Lipinski definition) is 1.